The molecule has 18 heavy (non-hydrogen) atoms. The molecular formula is C12H12BrN3O2. The Kier molecular flexibility index (Phi) is 3.76. The van der Waals surface area contributed by atoms with E-state index in [1.54, 1.807) is 4.68 Å². The Hall–Kier alpha value is -1.69. The largest absolute Gasteiger partial charge is 0.464 e. The summed E-state index contributed by atoms with van der Waals surface area (Å²) in [7, 11) is 1.33. The van der Waals surface area contributed by atoms with Crippen LogP contribution in [0.1, 0.15) is 29.0 Å². The lowest BCUT2D eigenvalue weighted by molar-refractivity contribution is 0.0584. The van der Waals surface area contributed by atoms with Gasteiger partial charge in [0.2, 0.25) is 0 Å². The highest BCUT2D eigenvalue weighted by molar-refractivity contribution is 9.10. The van der Waals surface area contributed by atoms with Crippen molar-refractivity contribution in [2.75, 3.05) is 7.11 Å². The van der Waals surface area contributed by atoms with E-state index in [1.807, 2.05) is 37.3 Å². The number of rotatable bonds is 3. The molecule has 0 fully saturated rings. The van der Waals surface area contributed by atoms with Crippen LogP contribution in [-0.4, -0.2) is 28.1 Å². The first-order valence-electron chi connectivity index (χ1n) is 5.39. The zero-order valence-electron chi connectivity index (χ0n) is 10.0. The smallest absolute Gasteiger partial charge is 0.359 e. The van der Waals surface area contributed by atoms with E-state index in [9.17, 15) is 4.79 Å². The molecule has 0 amide bonds. The third-order valence-corrected chi connectivity index (χ3v) is 3.22. The fourth-order valence-electron chi connectivity index (χ4n) is 1.69. The number of carbonyl (C=O) groups is 1. The van der Waals surface area contributed by atoms with Gasteiger partial charge in [0, 0.05) is 0 Å². The van der Waals surface area contributed by atoms with E-state index in [2.05, 4.69) is 26.2 Å². The number of hydrogen-bond acceptors (Lipinski definition) is 4. The van der Waals surface area contributed by atoms with Gasteiger partial charge in [-0.2, -0.15) is 0 Å². The van der Waals surface area contributed by atoms with E-state index >= 15 is 0 Å². The predicted molar refractivity (Wildman–Crippen MR) is 69.3 cm³/mol. The Labute approximate surface area is 113 Å². The summed E-state index contributed by atoms with van der Waals surface area (Å²) in [6, 6.07) is 9.67. The molecule has 1 atom stereocenters. The summed E-state index contributed by atoms with van der Waals surface area (Å²) in [5, 5.41) is 7.84. The molecule has 1 aromatic heterocycles. The second-order valence-corrected chi connectivity index (χ2v) is 4.50. The summed E-state index contributed by atoms with van der Waals surface area (Å²) in [6.45, 7) is 1.95. The van der Waals surface area contributed by atoms with E-state index in [0.29, 0.717) is 10.3 Å². The number of esters is 1. The van der Waals surface area contributed by atoms with Crippen molar-refractivity contribution in [1.29, 1.82) is 0 Å². The molecule has 0 aliphatic heterocycles. The van der Waals surface area contributed by atoms with E-state index < -0.39 is 5.97 Å². The van der Waals surface area contributed by atoms with Crippen molar-refractivity contribution in [1.82, 2.24) is 15.0 Å². The first kappa shape index (κ1) is 12.8. The van der Waals surface area contributed by atoms with Crippen LogP contribution in [0.4, 0.5) is 0 Å². The van der Waals surface area contributed by atoms with Crippen LogP contribution in [-0.2, 0) is 4.74 Å². The molecule has 0 spiro atoms. The monoisotopic (exact) mass is 309 g/mol. The zero-order valence-corrected chi connectivity index (χ0v) is 11.6. The number of benzene rings is 1. The molecule has 6 heteroatoms. The van der Waals surface area contributed by atoms with Gasteiger partial charge in [-0.15, -0.1) is 5.10 Å². The number of hydrogen-bond donors (Lipinski definition) is 0. The van der Waals surface area contributed by atoms with Crippen molar-refractivity contribution in [3.8, 4) is 0 Å². The summed E-state index contributed by atoms with van der Waals surface area (Å²) >= 11 is 3.20. The first-order chi connectivity index (χ1) is 8.65. The Morgan fingerprint density at radius 3 is 2.67 bits per heavy atom. The molecule has 0 aliphatic carbocycles. The SMILES string of the molecule is COC(=O)c1c(Br)nnn1[C@H](C)c1ccccc1. The fraction of sp³-hybridized carbons (Fsp3) is 0.250. The lowest BCUT2D eigenvalue weighted by Gasteiger charge is -2.13. The van der Waals surface area contributed by atoms with Gasteiger partial charge < -0.3 is 4.74 Å². The summed E-state index contributed by atoms with van der Waals surface area (Å²) < 4.78 is 6.67. The summed E-state index contributed by atoms with van der Waals surface area (Å²) in [5.74, 6) is -0.463. The minimum Gasteiger partial charge on any atom is -0.464 e. The minimum absolute atomic E-state index is 0.0981. The molecule has 2 rings (SSSR count). The van der Waals surface area contributed by atoms with Crippen LogP contribution in [0.3, 0.4) is 0 Å². The van der Waals surface area contributed by atoms with Gasteiger partial charge in [0.15, 0.2) is 10.3 Å². The first-order valence-corrected chi connectivity index (χ1v) is 6.18. The highest BCUT2D eigenvalue weighted by Gasteiger charge is 2.23. The second kappa shape index (κ2) is 5.30. The average molecular weight is 310 g/mol. The number of methoxy groups -OCH3 is 1. The van der Waals surface area contributed by atoms with Crippen molar-refractivity contribution < 1.29 is 9.53 Å². The molecule has 0 N–H and O–H groups in total. The molecule has 1 heterocycles. The van der Waals surface area contributed by atoms with Gasteiger partial charge in [-0.3, -0.25) is 0 Å². The molecule has 0 bridgehead atoms. The predicted octanol–water partition coefficient (Wildman–Crippen LogP) is 2.44. The van der Waals surface area contributed by atoms with Crippen molar-refractivity contribution in [3.05, 3.63) is 46.2 Å². The summed E-state index contributed by atoms with van der Waals surface area (Å²) in [6.07, 6.45) is 0. The number of nitrogens with zero attached hydrogens (tertiary/aromatic N) is 3. The number of halogens is 1. The van der Waals surface area contributed by atoms with Crippen LogP contribution in [0.25, 0.3) is 0 Å². The number of ether oxygens (including phenoxy) is 1. The normalized spacial score (nSPS) is 12.2. The quantitative estimate of drug-likeness (QED) is 0.817. The van der Waals surface area contributed by atoms with Crippen molar-refractivity contribution in [3.63, 3.8) is 0 Å². The molecule has 0 saturated carbocycles. The van der Waals surface area contributed by atoms with Crippen molar-refractivity contribution in [2.45, 2.75) is 13.0 Å². The summed E-state index contributed by atoms with van der Waals surface area (Å²) in [5.41, 5.74) is 1.36. The maximum absolute atomic E-state index is 11.7. The van der Waals surface area contributed by atoms with Gasteiger partial charge in [-0.25, -0.2) is 9.48 Å². The van der Waals surface area contributed by atoms with Gasteiger partial charge >= 0.3 is 5.97 Å². The third kappa shape index (κ3) is 2.28. The minimum atomic E-state index is -0.463. The van der Waals surface area contributed by atoms with Crippen molar-refractivity contribution in [2.24, 2.45) is 0 Å². The lowest BCUT2D eigenvalue weighted by Crippen LogP contribution is -2.16. The maximum atomic E-state index is 11.7. The molecule has 0 radical (unpaired) electrons. The highest BCUT2D eigenvalue weighted by atomic mass is 79.9. The maximum Gasteiger partial charge on any atom is 0.359 e. The van der Waals surface area contributed by atoms with Gasteiger partial charge in [0.25, 0.3) is 0 Å². The fourth-order valence-corrected chi connectivity index (χ4v) is 2.11. The standard InChI is InChI=1S/C12H12BrN3O2/c1-8(9-6-4-3-5-7-9)16-10(12(17)18-2)11(13)14-15-16/h3-8H,1-2H3/t8-/m1/s1. The van der Waals surface area contributed by atoms with E-state index in [0.717, 1.165) is 5.56 Å². The summed E-state index contributed by atoms with van der Waals surface area (Å²) in [4.78, 5) is 11.7. The molecule has 94 valence electrons. The molecular weight excluding hydrogens is 298 g/mol. The topological polar surface area (TPSA) is 57.0 Å². The second-order valence-electron chi connectivity index (χ2n) is 3.75. The van der Waals surface area contributed by atoms with Crippen LogP contribution in [0.2, 0.25) is 0 Å². The average Bonchev–Trinajstić information content (AvgIpc) is 2.80. The zero-order chi connectivity index (χ0) is 13.1. The molecule has 1 aromatic carbocycles. The Bertz CT molecular complexity index is 554. The van der Waals surface area contributed by atoms with Gasteiger partial charge in [0.1, 0.15) is 0 Å². The van der Waals surface area contributed by atoms with E-state index in [1.165, 1.54) is 7.11 Å². The Morgan fingerprint density at radius 1 is 1.39 bits per heavy atom. The molecule has 0 unspecified atom stereocenters. The van der Waals surface area contributed by atoms with Crippen LogP contribution in [0.15, 0.2) is 34.9 Å². The number of carbonyl (C=O) groups excluding carboxylic acids is 1. The molecule has 0 saturated heterocycles. The highest BCUT2D eigenvalue weighted by Crippen LogP contribution is 2.22. The van der Waals surface area contributed by atoms with Crippen LogP contribution in [0, 0.1) is 0 Å². The third-order valence-electron chi connectivity index (χ3n) is 2.68. The van der Waals surface area contributed by atoms with Crippen LogP contribution >= 0.6 is 15.9 Å². The Morgan fingerprint density at radius 2 is 2.06 bits per heavy atom. The van der Waals surface area contributed by atoms with Crippen molar-refractivity contribution >= 4 is 21.9 Å². The molecule has 5 nitrogen and oxygen atoms in total. The van der Waals surface area contributed by atoms with Gasteiger partial charge in [-0.05, 0) is 28.4 Å². The van der Waals surface area contributed by atoms with Gasteiger partial charge in [-0.1, -0.05) is 35.5 Å². The van der Waals surface area contributed by atoms with Crippen LogP contribution < -0.4 is 0 Å². The number of aromatic nitrogens is 3. The molecule has 0 aliphatic rings. The van der Waals surface area contributed by atoms with Crippen LogP contribution in [0.5, 0.6) is 0 Å². The van der Waals surface area contributed by atoms with Gasteiger partial charge in [0.05, 0.1) is 13.2 Å². The van der Waals surface area contributed by atoms with E-state index in [-0.39, 0.29) is 6.04 Å². The Balaban J connectivity index is 2.43. The lowest BCUT2D eigenvalue weighted by atomic mass is 10.1. The van der Waals surface area contributed by atoms with E-state index in [4.69, 9.17) is 4.74 Å². The molecule has 2 aromatic rings.